The SMILES string of the molecule is CCCc1ccc(C(Cc2ccccc2C)NCC)cc1. The Kier molecular flexibility index (Phi) is 6.01. The smallest absolute Gasteiger partial charge is 0.0360 e. The lowest BCUT2D eigenvalue weighted by Crippen LogP contribution is -2.23. The molecule has 0 bridgehead atoms. The van der Waals surface area contributed by atoms with Gasteiger partial charge < -0.3 is 5.32 Å². The number of rotatable bonds is 7. The van der Waals surface area contributed by atoms with Crippen LogP contribution in [0.1, 0.15) is 48.6 Å². The van der Waals surface area contributed by atoms with Crippen molar-refractivity contribution < 1.29 is 0 Å². The lowest BCUT2D eigenvalue weighted by Gasteiger charge is -2.20. The normalized spacial score (nSPS) is 12.3. The minimum atomic E-state index is 0.395. The van der Waals surface area contributed by atoms with Crippen LogP contribution in [-0.2, 0) is 12.8 Å². The van der Waals surface area contributed by atoms with E-state index < -0.39 is 0 Å². The summed E-state index contributed by atoms with van der Waals surface area (Å²) < 4.78 is 0. The Balaban J connectivity index is 2.16. The number of hydrogen-bond donors (Lipinski definition) is 1. The molecule has 2 aromatic rings. The van der Waals surface area contributed by atoms with Gasteiger partial charge in [-0.25, -0.2) is 0 Å². The molecule has 2 aromatic carbocycles. The summed E-state index contributed by atoms with van der Waals surface area (Å²) in [6, 6.07) is 18.2. The number of aryl methyl sites for hydroxylation is 2. The fourth-order valence-electron chi connectivity index (χ4n) is 2.82. The number of hydrogen-bond acceptors (Lipinski definition) is 1. The van der Waals surface area contributed by atoms with Crippen molar-refractivity contribution in [1.82, 2.24) is 5.32 Å². The quantitative estimate of drug-likeness (QED) is 0.765. The molecule has 0 saturated carbocycles. The third-order valence-corrected chi connectivity index (χ3v) is 4.06. The van der Waals surface area contributed by atoms with Gasteiger partial charge in [0.05, 0.1) is 0 Å². The molecule has 2 rings (SSSR count). The minimum absolute atomic E-state index is 0.395. The maximum absolute atomic E-state index is 3.63. The van der Waals surface area contributed by atoms with Crippen molar-refractivity contribution in [2.45, 2.75) is 46.1 Å². The second kappa shape index (κ2) is 7.99. The highest BCUT2D eigenvalue weighted by Gasteiger charge is 2.12. The summed E-state index contributed by atoms with van der Waals surface area (Å²) in [7, 11) is 0. The van der Waals surface area contributed by atoms with Gasteiger partial charge in [0.25, 0.3) is 0 Å². The Bertz CT molecular complexity index is 542. The molecule has 0 fully saturated rings. The summed E-state index contributed by atoms with van der Waals surface area (Å²) in [5.41, 5.74) is 5.64. The van der Waals surface area contributed by atoms with Gasteiger partial charge in [0.2, 0.25) is 0 Å². The average Bonchev–Trinajstić information content (AvgIpc) is 2.50. The highest BCUT2D eigenvalue weighted by Crippen LogP contribution is 2.21. The van der Waals surface area contributed by atoms with Crippen molar-refractivity contribution in [1.29, 1.82) is 0 Å². The molecule has 112 valence electrons. The molecule has 0 heterocycles. The molecule has 0 saturated heterocycles. The van der Waals surface area contributed by atoms with Gasteiger partial charge in [0.15, 0.2) is 0 Å². The van der Waals surface area contributed by atoms with Gasteiger partial charge in [0, 0.05) is 6.04 Å². The van der Waals surface area contributed by atoms with E-state index in [4.69, 9.17) is 0 Å². The molecule has 1 N–H and O–H groups in total. The Labute approximate surface area is 129 Å². The van der Waals surface area contributed by atoms with Gasteiger partial charge in [0.1, 0.15) is 0 Å². The Morgan fingerprint density at radius 1 is 0.952 bits per heavy atom. The monoisotopic (exact) mass is 281 g/mol. The van der Waals surface area contributed by atoms with Crippen molar-refractivity contribution in [3.8, 4) is 0 Å². The summed E-state index contributed by atoms with van der Waals surface area (Å²) >= 11 is 0. The second-order valence-electron chi connectivity index (χ2n) is 5.73. The molecule has 0 aliphatic carbocycles. The third kappa shape index (κ3) is 4.44. The largest absolute Gasteiger partial charge is 0.310 e. The van der Waals surface area contributed by atoms with Gasteiger partial charge >= 0.3 is 0 Å². The highest BCUT2D eigenvalue weighted by molar-refractivity contribution is 5.30. The van der Waals surface area contributed by atoms with Crippen LogP contribution in [0.2, 0.25) is 0 Å². The van der Waals surface area contributed by atoms with Gasteiger partial charge in [-0.2, -0.15) is 0 Å². The molecule has 1 heteroatoms. The topological polar surface area (TPSA) is 12.0 Å². The molecular formula is C20H27N. The van der Waals surface area contributed by atoms with Crippen LogP contribution in [0.25, 0.3) is 0 Å². The molecule has 0 radical (unpaired) electrons. The van der Waals surface area contributed by atoms with Gasteiger partial charge in [-0.05, 0) is 48.6 Å². The highest BCUT2D eigenvalue weighted by atomic mass is 14.9. The van der Waals surface area contributed by atoms with E-state index in [9.17, 15) is 0 Å². The van der Waals surface area contributed by atoms with Crippen LogP contribution < -0.4 is 5.32 Å². The minimum Gasteiger partial charge on any atom is -0.310 e. The zero-order valence-corrected chi connectivity index (χ0v) is 13.5. The van der Waals surface area contributed by atoms with E-state index in [1.807, 2.05) is 0 Å². The fourth-order valence-corrected chi connectivity index (χ4v) is 2.82. The average molecular weight is 281 g/mol. The van der Waals surface area contributed by atoms with Crippen LogP contribution in [0.5, 0.6) is 0 Å². The van der Waals surface area contributed by atoms with Gasteiger partial charge in [-0.3, -0.25) is 0 Å². The first kappa shape index (κ1) is 15.8. The molecule has 0 spiro atoms. The van der Waals surface area contributed by atoms with Gasteiger partial charge in [-0.1, -0.05) is 68.8 Å². The van der Waals surface area contributed by atoms with Crippen molar-refractivity contribution in [3.63, 3.8) is 0 Å². The molecule has 0 aromatic heterocycles. The van der Waals surface area contributed by atoms with E-state index in [1.54, 1.807) is 0 Å². The lowest BCUT2D eigenvalue weighted by molar-refractivity contribution is 0.548. The summed E-state index contributed by atoms with van der Waals surface area (Å²) in [5.74, 6) is 0. The molecule has 0 amide bonds. The van der Waals surface area contributed by atoms with E-state index in [0.29, 0.717) is 6.04 Å². The fraction of sp³-hybridized carbons (Fsp3) is 0.400. The van der Waals surface area contributed by atoms with Crippen molar-refractivity contribution >= 4 is 0 Å². The first-order valence-electron chi connectivity index (χ1n) is 8.11. The van der Waals surface area contributed by atoms with Crippen LogP contribution in [0.3, 0.4) is 0 Å². The van der Waals surface area contributed by atoms with E-state index in [1.165, 1.54) is 35.1 Å². The van der Waals surface area contributed by atoms with E-state index in [0.717, 1.165) is 13.0 Å². The van der Waals surface area contributed by atoms with Crippen LogP contribution in [0.15, 0.2) is 48.5 Å². The summed E-state index contributed by atoms with van der Waals surface area (Å²) in [6.07, 6.45) is 3.43. The Hall–Kier alpha value is -1.60. The molecule has 0 aliphatic rings. The van der Waals surface area contributed by atoms with Crippen molar-refractivity contribution in [2.24, 2.45) is 0 Å². The van der Waals surface area contributed by atoms with E-state index in [2.05, 4.69) is 74.6 Å². The first-order chi connectivity index (χ1) is 10.2. The first-order valence-corrected chi connectivity index (χ1v) is 8.11. The maximum atomic E-state index is 3.63. The number of likely N-dealkylation sites (N-methyl/N-ethyl adjacent to an activating group) is 1. The standard InChI is InChI=1S/C20H27N/c1-4-8-17-11-13-18(14-12-17)20(21-5-2)15-19-10-7-6-9-16(19)3/h6-7,9-14,20-21H,4-5,8,15H2,1-3H3. The van der Waals surface area contributed by atoms with Crippen molar-refractivity contribution in [3.05, 3.63) is 70.8 Å². The second-order valence-corrected chi connectivity index (χ2v) is 5.73. The zero-order valence-electron chi connectivity index (χ0n) is 13.5. The molecule has 1 unspecified atom stereocenters. The maximum Gasteiger partial charge on any atom is 0.0360 e. The number of benzene rings is 2. The van der Waals surface area contributed by atoms with Gasteiger partial charge in [-0.15, -0.1) is 0 Å². The summed E-state index contributed by atoms with van der Waals surface area (Å²) in [5, 5.41) is 3.63. The Morgan fingerprint density at radius 2 is 1.67 bits per heavy atom. The van der Waals surface area contributed by atoms with E-state index in [-0.39, 0.29) is 0 Å². The van der Waals surface area contributed by atoms with Crippen molar-refractivity contribution in [2.75, 3.05) is 6.54 Å². The van der Waals surface area contributed by atoms with Crippen LogP contribution in [0.4, 0.5) is 0 Å². The molecular weight excluding hydrogens is 254 g/mol. The van der Waals surface area contributed by atoms with Crippen LogP contribution >= 0.6 is 0 Å². The van der Waals surface area contributed by atoms with E-state index >= 15 is 0 Å². The molecule has 21 heavy (non-hydrogen) atoms. The van der Waals surface area contributed by atoms with Crippen LogP contribution in [0, 0.1) is 6.92 Å². The predicted octanol–water partition coefficient (Wildman–Crippen LogP) is 4.84. The zero-order chi connectivity index (χ0) is 15.1. The number of nitrogens with one attached hydrogen (secondary N) is 1. The molecule has 1 nitrogen and oxygen atoms in total. The van der Waals surface area contributed by atoms with Crippen LogP contribution in [-0.4, -0.2) is 6.54 Å². The Morgan fingerprint density at radius 3 is 2.29 bits per heavy atom. The summed E-state index contributed by atoms with van der Waals surface area (Å²) in [4.78, 5) is 0. The predicted molar refractivity (Wildman–Crippen MR) is 91.7 cm³/mol. The molecule has 1 atom stereocenters. The molecule has 0 aliphatic heterocycles. The third-order valence-electron chi connectivity index (χ3n) is 4.06. The summed E-state index contributed by atoms with van der Waals surface area (Å²) in [6.45, 7) is 7.60. The lowest BCUT2D eigenvalue weighted by atomic mass is 9.95.